The Morgan fingerprint density at radius 3 is 2.80 bits per heavy atom. The van der Waals surface area contributed by atoms with Crippen LogP contribution >= 0.6 is 0 Å². The summed E-state index contributed by atoms with van der Waals surface area (Å²) in [6.07, 6.45) is 2.34. The van der Waals surface area contributed by atoms with E-state index in [1.165, 1.54) is 31.0 Å². The van der Waals surface area contributed by atoms with E-state index in [9.17, 15) is 9.18 Å². The molecular formula is C11H13FN2O. The zero-order valence-corrected chi connectivity index (χ0v) is 8.29. The number of hydrogen-bond donors (Lipinski definition) is 2. The quantitative estimate of drug-likeness (QED) is 0.740. The summed E-state index contributed by atoms with van der Waals surface area (Å²) < 4.78 is 12.9. The van der Waals surface area contributed by atoms with Crippen LogP contribution in [0.25, 0.3) is 0 Å². The molecule has 3 nitrogen and oxygen atoms in total. The van der Waals surface area contributed by atoms with Gasteiger partial charge in [-0.3, -0.25) is 4.79 Å². The molecule has 2 rings (SSSR count). The highest BCUT2D eigenvalue weighted by Gasteiger charge is 2.21. The zero-order chi connectivity index (χ0) is 10.8. The third-order valence-electron chi connectivity index (χ3n) is 2.43. The highest BCUT2D eigenvalue weighted by molar-refractivity contribution is 5.95. The molecule has 1 saturated carbocycles. The van der Waals surface area contributed by atoms with Gasteiger partial charge in [-0.2, -0.15) is 0 Å². The summed E-state index contributed by atoms with van der Waals surface area (Å²) in [5.74, 6) is -0.125. The van der Waals surface area contributed by atoms with Crippen molar-refractivity contribution >= 4 is 11.6 Å². The van der Waals surface area contributed by atoms with Crippen molar-refractivity contribution in [1.82, 2.24) is 5.32 Å². The molecule has 3 N–H and O–H groups in total. The van der Waals surface area contributed by atoms with E-state index in [1.807, 2.05) is 0 Å². The fraction of sp³-hybridized carbons (Fsp3) is 0.364. The first-order chi connectivity index (χ1) is 7.15. The predicted octanol–water partition coefficient (Wildman–Crippen LogP) is 1.55. The standard InChI is InChI=1S/C11H13FN2O/c12-9-3-8(4-10(13)5-9)11(15)14-6-7-1-2-7/h3-5,7H,1-2,6,13H2,(H,14,15). The third-order valence-corrected chi connectivity index (χ3v) is 2.43. The second-order valence-corrected chi connectivity index (χ2v) is 3.93. The van der Waals surface area contributed by atoms with Gasteiger partial charge in [-0.05, 0) is 37.0 Å². The fourth-order valence-electron chi connectivity index (χ4n) is 1.40. The molecule has 0 radical (unpaired) electrons. The van der Waals surface area contributed by atoms with Gasteiger partial charge in [-0.25, -0.2) is 4.39 Å². The van der Waals surface area contributed by atoms with Gasteiger partial charge in [0, 0.05) is 17.8 Å². The molecule has 1 aliphatic rings. The van der Waals surface area contributed by atoms with Gasteiger partial charge in [-0.15, -0.1) is 0 Å². The van der Waals surface area contributed by atoms with Gasteiger partial charge in [-0.1, -0.05) is 0 Å². The molecule has 15 heavy (non-hydrogen) atoms. The molecule has 0 aromatic heterocycles. The lowest BCUT2D eigenvalue weighted by molar-refractivity contribution is 0.0951. The summed E-state index contributed by atoms with van der Waals surface area (Å²) in [6, 6.07) is 3.86. The number of carbonyl (C=O) groups is 1. The Balaban J connectivity index is 2.02. The van der Waals surface area contributed by atoms with Crippen LogP contribution in [-0.2, 0) is 0 Å². The van der Waals surface area contributed by atoms with Crippen molar-refractivity contribution in [3.63, 3.8) is 0 Å². The van der Waals surface area contributed by atoms with Crippen molar-refractivity contribution < 1.29 is 9.18 Å². The molecule has 0 heterocycles. The maximum Gasteiger partial charge on any atom is 0.251 e. The molecule has 0 saturated heterocycles. The minimum absolute atomic E-state index is 0.256. The largest absolute Gasteiger partial charge is 0.399 e. The maximum atomic E-state index is 12.9. The Kier molecular flexibility index (Phi) is 2.58. The molecule has 0 spiro atoms. The van der Waals surface area contributed by atoms with Gasteiger partial charge in [0.2, 0.25) is 0 Å². The highest BCUT2D eigenvalue weighted by atomic mass is 19.1. The Morgan fingerprint density at radius 2 is 2.20 bits per heavy atom. The summed E-state index contributed by atoms with van der Waals surface area (Å²) in [5, 5.41) is 2.75. The van der Waals surface area contributed by atoms with Crippen molar-refractivity contribution in [3.05, 3.63) is 29.6 Å². The number of nitrogens with two attached hydrogens (primary N) is 1. The van der Waals surface area contributed by atoms with Gasteiger partial charge in [0.05, 0.1) is 0 Å². The number of anilines is 1. The highest BCUT2D eigenvalue weighted by Crippen LogP contribution is 2.27. The monoisotopic (exact) mass is 208 g/mol. The van der Waals surface area contributed by atoms with Crippen molar-refractivity contribution in [1.29, 1.82) is 0 Å². The van der Waals surface area contributed by atoms with E-state index in [4.69, 9.17) is 5.73 Å². The SMILES string of the molecule is Nc1cc(F)cc(C(=O)NCC2CC2)c1. The first-order valence-electron chi connectivity index (χ1n) is 4.99. The number of carbonyl (C=O) groups excluding carboxylic acids is 1. The lowest BCUT2D eigenvalue weighted by Crippen LogP contribution is -2.25. The van der Waals surface area contributed by atoms with Crippen LogP contribution in [0, 0.1) is 11.7 Å². The Morgan fingerprint density at radius 1 is 1.47 bits per heavy atom. The average Bonchev–Trinajstić information content (AvgIpc) is 2.96. The van der Waals surface area contributed by atoms with E-state index >= 15 is 0 Å². The summed E-state index contributed by atoms with van der Waals surface area (Å²) in [5.41, 5.74) is 6.00. The van der Waals surface area contributed by atoms with E-state index in [1.54, 1.807) is 0 Å². The molecule has 80 valence electrons. The van der Waals surface area contributed by atoms with Crippen molar-refractivity contribution in [2.24, 2.45) is 5.92 Å². The van der Waals surface area contributed by atoms with E-state index in [2.05, 4.69) is 5.32 Å². The van der Waals surface area contributed by atoms with Crippen LogP contribution < -0.4 is 11.1 Å². The predicted molar refractivity (Wildman–Crippen MR) is 55.9 cm³/mol. The minimum Gasteiger partial charge on any atom is -0.399 e. The van der Waals surface area contributed by atoms with Crippen molar-refractivity contribution in [2.75, 3.05) is 12.3 Å². The third kappa shape index (κ3) is 2.68. The summed E-state index contributed by atoms with van der Waals surface area (Å²) in [4.78, 5) is 11.5. The first kappa shape index (κ1) is 9.96. The van der Waals surface area contributed by atoms with Crippen LogP contribution in [0.4, 0.5) is 10.1 Å². The number of hydrogen-bond acceptors (Lipinski definition) is 2. The summed E-state index contributed by atoms with van der Waals surface area (Å²) in [6.45, 7) is 0.676. The van der Waals surface area contributed by atoms with Crippen LogP contribution in [0.2, 0.25) is 0 Å². The number of halogens is 1. The summed E-state index contributed by atoms with van der Waals surface area (Å²) >= 11 is 0. The smallest absolute Gasteiger partial charge is 0.251 e. The maximum absolute atomic E-state index is 12.9. The van der Waals surface area contributed by atoms with Crippen LogP contribution in [0.15, 0.2) is 18.2 Å². The van der Waals surface area contributed by atoms with Gasteiger partial charge < -0.3 is 11.1 Å². The average molecular weight is 208 g/mol. The summed E-state index contributed by atoms with van der Waals surface area (Å²) in [7, 11) is 0. The van der Waals surface area contributed by atoms with Gasteiger partial charge in [0.15, 0.2) is 0 Å². The molecule has 0 aliphatic heterocycles. The van der Waals surface area contributed by atoms with E-state index < -0.39 is 5.82 Å². The molecule has 1 aromatic rings. The molecular weight excluding hydrogens is 195 g/mol. The number of amides is 1. The van der Waals surface area contributed by atoms with Crippen LogP contribution in [0.1, 0.15) is 23.2 Å². The number of benzene rings is 1. The normalized spacial score (nSPS) is 15.0. The molecule has 1 fully saturated rings. The zero-order valence-electron chi connectivity index (χ0n) is 8.29. The van der Waals surface area contributed by atoms with Gasteiger partial charge >= 0.3 is 0 Å². The van der Waals surface area contributed by atoms with Gasteiger partial charge in [0.1, 0.15) is 5.82 Å². The molecule has 1 amide bonds. The molecule has 0 unspecified atom stereocenters. The lowest BCUT2D eigenvalue weighted by atomic mass is 10.2. The van der Waals surface area contributed by atoms with Crippen LogP contribution in [0.5, 0.6) is 0 Å². The minimum atomic E-state index is -0.480. The number of rotatable bonds is 3. The van der Waals surface area contributed by atoms with Crippen LogP contribution in [0.3, 0.4) is 0 Å². The second-order valence-electron chi connectivity index (χ2n) is 3.93. The molecule has 0 atom stereocenters. The first-order valence-corrected chi connectivity index (χ1v) is 4.99. The number of nitrogens with one attached hydrogen (secondary N) is 1. The second kappa shape index (κ2) is 3.88. The Hall–Kier alpha value is -1.58. The lowest BCUT2D eigenvalue weighted by Gasteiger charge is -2.04. The van der Waals surface area contributed by atoms with Crippen LogP contribution in [-0.4, -0.2) is 12.5 Å². The van der Waals surface area contributed by atoms with E-state index in [-0.39, 0.29) is 17.2 Å². The van der Waals surface area contributed by atoms with E-state index in [0.717, 1.165) is 0 Å². The molecule has 0 bridgehead atoms. The van der Waals surface area contributed by atoms with E-state index in [0.29, 0.717) is 12.5 Å². The number of nitrogen functional groups attached to an aromatic ring is 1. The van der Waals surface area contributed by atoms with Gasteiger partial charge in [0.25, 0.3) is 5.91 Å². The molecule has 1 aliphatic carbocycles. The van der Waals surface area contributed by atoms with Crippen molar-refractivity contribution in [2.45, 2.75) is 12.8 Å². The Bertz CT molecular complexity index is 368. The topological polar surface area (TPSA) is 55.1 Å². The van der Waals surface area contributed by atoms with Crippen molar-refractivity contribution in [3.8, 4) is 0 Å². The fourth-order valence-corrected chi connectivity index (χ4v) is 1.40. The molecule has 4 heteroatoms. The Labute approximate surface area is 87.5 Å². The molecule has 1 aromatic carbocycles.